The topological polar surface area (TPSA) is 15.3 Å². The maximum atomic E-state index is 3.73. The van der Waals surface area contributed by atoms with Gasteiger partial charge in [0.15, 0.2) is 0 Å². The summed E-state index contributed by atoms with van der Waals surface area (Å²) in [5.74, 6) is 0. The molecule has 0 amide bonds. The summed E-state index contributed by atoms with van der Waals surface area (Å²) in [6.07, 6.45) is 9.48. The Labute approximate surface area is 115 Å². The molecule has 0 aromatic carbocycles. The minimum Gasteiger partial charge on any atom is -0.313 e. The smallest absolute Gasteiger partial charge is 0.00684 e. The zero-order chi connectivity index (χ0) is 13.4. The molecule has 1 rings (SSSR count). The van der Waals surface area contributed by atoms with Crippen LogP contribution < -0.4 is 5.32 Å². The van der Waals surface area contributed by atoms with Gasteiger partial charge >= 0.3 is 0 Å². The summed E-state index contributed by atoms with van der Waals surface area (Å²) < 4.78 is 0. The molecule has 2 heteroatoms. The van der Waals surface area contributed by atoms with E-state index in [-0.39, 0.29) is 0 Å². The van der Waals surface area contributed by atoms with E-state index in [0.717, 1.165) is 6.04 Å². The Bertz CT molecular complexity index is 213. The molecule has 1 unspecified atom stereocenters. The van der Waals surface area contributed by atoms with Crippen molar-refractivity contribution in [3.8, 4) is 0 Å². The molecule has 2 nitrogen and oxygen atoms in total. The van der Waals surface area contributed by atoms with Crippen LogP contribution in [0.25, 0.3) is 0 Å². The fourth-order valence-electron chi connectivity index (χ4n) is 2.87. The third-order valence-electron chi connectivity index (χ3n) is 4.04. The second kappa shape index (κ2) is 8.16. The second-order valence-electron chi connectivity index (χ2n) is 6.66. The average molecular weight is 254 g/mol. The second-order valence-corrected chi connectivity index (χ2v) is 6.66. The summed E-state index contributed by atoms with van der Waals surface area (Å²) in [5, 5.41) is 3.73. The number of nitrogens with zero attached hydrogens (tertiary/aromatic N) is 1. The van der Waals surface area contributed by atoms with Crippen molar-refractivity contribution in [2.75, 3.05) is 26.7 Å². The van der Waals surface area contributed by atoms with Gasteiger partial charge in [0.1, 0.15) is 0 Å². The van der Waals surface area contributed by atoms with E-state index in [0.29, 0.717) is 5.41 Å². The molecule has 1 atom stereocenters. The highest BCUT2D eigenvalue weighted by atomic mass is 15.1. The van der Waals surface area contributed by atoms with Gasteiger partial charge in [-0.15, -0.1) is 0 Å². The van der Waals surface area contributed by atoms with Crippen molar-refractivity contribution >= 4 is 0 Å². The zero-order valence-corrected chi connectivity index (χ0v) is 13.1. The molecule has 0 aromatic rings. The fraction of sp³-hybridized carbons (Fsp3) is 1.00. The van der Waals surface area contributed by atoms with Crippen LogP contribution >= 0.6 is 0 Å². The molecule has 108 valence electrons. The Morgan fingerprint density at radius 3 is 2.44 bits per heavy atom. The van der Waals surface area contributed by atoms with Gasteiger partial charge in [0.2, 0.25) is 0 Å². The Hall–Kier alpha value is -0.0800. The number of rotatable bonds is 11. The van der Waals surface area contributed by atoms with Crippen molar-refractivity contribution in [1.29, 1.82) is 0 Å². The van der Waals surface area contributed by atoms with Gasteiger partial charge in [0.05, 0.1) is 0 Å². The predicted molar refractivity (Wildman–Crippen MR) is 81.1 cm³/mol. The normalized spacial score (nSPS) is 19.2. The molecule has 0 aliphatic heterocycles. The van der Waals surface area contributed by atoms with Crippen molar-refractivity contribution in [3.05, 3.63) is 0 Å². The van der Waals surface area contributed by atoms with Gasteiger partial charge < -0.3 is 10.2 Å². The maximum Gasteiger partial charge on any atom is 0.00684 e. The van der Waals surface area contributed by atoms with Crippen molar-refractivity contribution in [2.45, 2.75) is 71.8 Å². The molecular formula is C16H34N2. The van der Waals surface area contributed by atoms with Gasteiger partial charge in [-0.25, -0.2) is 0 Å². The molecule has 0 aromatic heterocycles. The Balaban J connectivity index is 2.28. The molecule has 0 saturated heterocycles. The van der Waals surface area contributed by atoms with Crippen LogP contribution in [0.2, 0.25) is 0 Å². The summed E-state index contributed by atoms with van der Waals surface area (Å²) >= 11 is 0. The lowest BCUT2D eigenvalue weighted by Crippen LogP contribution is -2.42. The molecule has 0 bridgehead atoms. The minimum atomic E-state index is 0.457. The van der Waals surface area contributed by atoms with E-state index < -0.39 is 0 Å². The molecule has 1 N–H and O–H groups in total. The number of hydrogen-bond donors (Lipinski definition) is 1. The zero-order valence-electron chi connectivity index (χ0n) is 13.1. The molecule has 0 heterocycles. The van der Waals surface area contributed by atoms with Gasteiger partial charge in [0.25, 0.3) is 0 Å². The predicted octanol–water partition coefficient (Wildman–Crippen LogP) is 3.67. The fourth-order valence-corrected chi connectivity index (χ4v) is 2.87. The number of hydrogen-bond acceptors (Lipinski definition) is 2. The molecule has 18 heavy (non-hydrogen) atoms. The lowest BCUT2D eigenvalue weighted by Gasteiger charge is -2.34. The van der Waals surface area contributed by atoms with Crippen molar-refractivity contribution < 1.29 is 0 Å². The lowest BCUT2D eigenvalue weighted by molar-refractivity contribution is 0.170. The maximum absolute atomic E-state index is 3.73. The first-order valence-electron chi connectivity index (χ1n) is 8.01. The number of unbranched alkanes of at least 4 members (excludes halogenated alkanes) is 2. The summed E-state index contributed by atoms with van der Waals surface area (Å²) in [6.45, 7) is 10.7. The third-order valence-corrected chi connectivity index (χ3v) is 4.04. The molecule has 1 aliphatic carbocycles. The van der Waals surface area contributed by atoms with Crippen LogP contribution in [0.4, 0.5) is 0 Å². The van der Waals surface area contributed by atoms with Crippen molar-refractivity contribution in [3.63, 3.8) is 0 Å². The molecular weight excluding hydrogens is 220 g/mol. The Kier molecular flexibility index (Phi) is 7.25. The van der Waals surface area contributed by atoms with E-state index in [1.54, 1.807) is 0 Å². The van der Waals surface area contributed by atoms with Crippen LogP contribution in [0.5, 0.6) is 0 Å². The molecule has 0 spiro atoms. The minimum absolute atomic E-state index is 0.457. The van der Waals surface area contributed by atoms with E-state index in [2.05, 4.69) is 38.0 Å². The van der Waals surface area contributed by atoms with Crippen molar-refractivity contribution in [2.24, 2.45) is 5.41 Å². The first kappa shape index (κ1) is 16.0. The SMILES string of the molecule is CCCCCN(C)CC(C)(CCC)CNC1CC1. The molecule has 1 aliphatic rings. The highest BCUT2D eigenvalue weighted by Gasteiger charge is 2.28. The largest absolute Gasteiger partial charge is 0.313 e. The molecule has 1 fully saturated rings. The van der Waals surface area contributed by atoms with Crippen LogP contribution in [0.15, 0.2) is 0 Å². The van der Waals surface area contributed by atoms with Crippen LogP contribution in [0.1, 0.15) is 65.7 Å². The van der Waals surface area contributed by atoms with Gasteiger partial charge in [-0.05, 0) is 44.7 Å². The first-order valence-corrected chi connectivity index (χ1v) is 8.01. The standard InChI is InChI=1S/C16H34N2/c1-5-7-8-12-18(4)14-16(3,11-6-2)13-17-15-9-10-15/h15,17H,5-14H2,1-4H3. The summed E-state index contributed by atoms with van der Waals surface area (Å²) in [7, 11) is 2.29. The number of nitrogens with one attached hydrogen (secondary N) is 1. The Morgan fingerprint density at radius 1 is 1.17 bits per heavy atom. The summed E-state index contributed by atoms with van der Waals surface area (Å²) in [4.78, 5) is 2.54. The van der Waals surface area contributed by atoms with Gasteiger partial charge in [-0.2, -0.15) is 0 Å². The first-order chi connectivity index (χ1) is 8.59. The van der Waals surface area contributed by atoms with Gasteiger partial charge in [0, 0.05) is 19.1 Å². The van der Waals surface area contributed by atoms with Crippen LogP contribution in [-0.4, -0.2) is 37.6 Å². The van der Waals surface area contributed by atoms with E-state index in [4.69, 9.17) is 0 Å². The summed E-state index contributed by atoms with van der Waals surface area (Å²) in [6, 6.07) is 0.839. The molecule has 0 radical (unpaired) electrons. The highest BCUT2D eigenvalue weighted by Crippen LogP contribution is 2.26. The Morgan fingerprint density at radius 2 is 1.89 bits per heavy atom. The van der Waals surface area contributed by atoms with Crippen LogP contribution in [-0.2, 0) is 0 Å². The van der Waals surface area contributed by atoms with Crippen LogP contribution in [0.3, 0.4) is 0 Å². The molecule has 1 saturated carbocycles. The lowest BCUT2D eigenvalue weighted by atomic mass is 9.84. The highest BCUT2D eigenvalue weighted by molar-refractivity contribution is 4.86. The van der Waals surface area contributed by atoms with E-state index in [9.17, 15) is 0 Å². The van der Waals surface area contributed by atoms with E-state index in [1.807, 2.05) is 0 Å². The van der Waals surface area contributed by atoms with Gasteiger partial charge in [-0.1, -0.05) is 40.0 Å². The van der Waals surface area contributed by atoms with E-state index in [1.165, 1.54) is 64.6 Å². The monoisotopic (exact) mass is 254 g/mol. The van der Waals surface area contributed by atoms with Crippen molar-refractivity contribution in [1.82, 2.24) is 10.2 Å². The third kappa shape index (κ3) is 6.75. The summed E-state index contributed by atoms with van der Waals surface area (Å²) in [5.41, 5.74) is 0.457. The van der Waals surface area contributed by atoms with Crippen LogP contribution in [0, 0.1) is 5.41 Å². The van der Waals surface area contributed by atoms with Gasteiger partial charge in [-0.3, -0.25) is 0 Å². The quantitative estimate of drug-likeness (QED) is 0.566. The van der Waals surface area contributed by atoms with E-state index >= 15 is 0 Å². The average Bonchev–Trinajstić information content (AvgIpc) is 3.11.